The summed E-state index contributed by atoms with van der Waals surface area (Å²) in [6.45, 7) is 0.511. The Morgan fingerprint density at radius 1 is 1.53 bits per heavy atom. The van der Waals surface area contributed by atoms with E-state index in [0.29, 0.717) is 18.7 Å². The zero-order valence-electron chi connectivity index (χ0n) is 9.72. The molecule has 0 aromatic heterocycles. The Labute approximate surface area is 100 Å². The molecule has 0 spiro atoms. The predicted molar refractivity (Wildman–Crippen MR) is 64.4 cm³/mol. The van der Waals surface area contributed by atoms with Gasteiger partial charge in [0.05, 0.1) is 18.2 Å². The minimum absolute atomic E-state index is 0.0333. The van der Waals surface area contributed by atoms with Gasteiger partial charge in [0.1, 0.15) is 0 Å². The monoisotopic (exact) mass is 239 g/mol. The highest BCUT2D eigenvalue weighted by Gasteiger charge is 2.09. The van der Waals surface area contributed by atoms with Crippen molar-refractivity contribution in [3.63, 3.8) is 0 Å². The van der Waals surface area contributed by atoms with Gasteiger partial charge in [-0.1, -0.05) is 6.07 Å². The Kier molecular flexibility index (Phi) is 5.45. The second-order valence-electron chi connectivity index (χ2n) is 3.69. The highest BCUT2D eigenvalue weighted by molar-refractivity contribution is 5.88. The number of carboxylic acid groups (broad SMARTS) is 1. The van der Waals surface area contributed by atoms with Crippen LogP contribution in [0.4, 0.5) is 5.69 Å². The molecule has 1 unspecified atom stereocenters. The van der Waals surface area contributed by atoms with Gasteiger partial charge in [0.25, 0.3) is 0 Å². The quantitative estimate of drug-likeness (QED) is 0.666. The summed E-state index contributed by atoms with van der Waals surface area (Å²) in [7, 11) is 1.58. The number of aromatic carboxylic acids is 1. The molecule has 0 bridgehead atoms. The van der Waals surface area contributed by atoms with Gasteiger partial charge in [0.15, 0.2) is 0 Å². The van der Waals surface area contributed by atoms with Crippen LogP contribution < -0.4 is 5.32 Å². The number of benzene rings is 1. The number of carbonyl (C=O) groups is 1. The number of aliphatic hydroxyl groups excluding tert-OH is 1. The molecule has 0 aliphatic carbocycles. The molecular formula is C12H17NO4. The van der Waals surface area contributed by atoms with E-state index in [0.717, 1.165) is 0 Å². The molecule has 0 saturated carbocycles. The fraction of sp³-hybridized carbons (Fsp3) is 0.417. The molecule has 0 heterocycles. The summed E-state index contributed by atoms with van der Waals surface area (Å²) in [4.78, 5) is 10.8. The molecule has 5 nitrogen and oxygen atoms in total. The highest BCUT2D eigenvalue weighted by atomic mass is 16.5. The van der Waals surface area contributed by atoms with Crippen LogP contribution in [0.1, 0.15) is 16.8 Å². The van der Waals surface area contributed by atoms with Crippen LogP contribution in [0.2, 0.25) is 0 Å². The van der Waals surface area contributed by atoms with Crippen molar-refractivity contribution in [2.24, 2.45) is 0 Å². The topological polar surface area (TPSA) is 78.8 Å². The van der Waals surface area contributed by atoms with E-state index in [1.807, 2.05) is 0 Å². The van der Waals surface area contributed by atoms with E-state index in [4.69, 9.17) is 14.9 Å². The number of aliphatic hydroxyl groups is 1. The van der Waals surface area contributed by atoms with Crippen LogP contribution in [0.15, 0.2) is 24.3 Å². The Morgan fingerprint density at radius 2 is 2.29 bits per heavy atom. The summed E-state index contributed by atoms with van der Waals surface area (Å²) >= 11 is 0. The number of nitrogens with one attached hydrogen (secondary N) is 1. The zero-order valence-corrected chi connectivity index (χ0v) is 9.72. The molecule has 0 fully saturated rings. The van der Waals surface area contributed by atoms with E-state index in [1.165, 1.54) is 6.07 Å². The molecule has 17 heavy (non-hydrogen) atoms. The van der Waals surface area contributed by atoms with Gasteiger partial charge in [-0.2, -0.15) is 0 Å². The summed E-state index contributed by atoms with van der Waals surface area (Å²) in [5.41, 5.74) is 0.940. The summed E-state index contributed by atoms with van der Waals surface area (Å²) in [5.74, 6) is -0.959. The van der Waals surface area contributed by atoms with Crippen molar-refractivity contribution in [2.75, 3.05) is 25.6 Å². The number of methoxy groups -OCH3 is 1. The molecule has 1 atom stereocenters. The van der Waals surface area contributed by atoms with Crippen molar-refractivity contribution >= 4 is 11.7 Å². The van der Waals surface area contributed by atoms with Gasteiger partial charge < -0.3 is 20.3 Å². The predicted octanol–water partition coefficient (Wildman–Crippen LogP) is 1.19. The van der Waals surface area contributed by atoms with Crippen LogP contribution in [-0.4, -0.2) is 42.5 Å². The van der Waals surface area contributed by atoms with Gasteiger partial charge >= 0.3 is 5.97 Å². The lowest BCUT2D eigenvalue weighted by atomic mass is 10.1. The maximum Gasteiger partial charge on any atom is 0.335 e. The largest absolute Gasteiger partial charge is 0.478 e. The molecule has 94 valence electrons. The molecule has 1 aromatic carbocycles. The number of hydrogen-bond acceptors (Lipinski definition) is 4. The first kappa shape index (κ1) is 13.5. The summed E-state index contributed by atoms with van der Waals surface area (Å²) in [5, 5.41) is 20.9. The van der Waals surface area contributed by atoms with Gasteiger partial charge in [-0.3, -0.25) is 0 Å². The first-order valence-corrected chi connectivity index (χ1v) is 5.37. The summed E-state index contributed by atoms with van der Waals surface area (Å²) in [6.07, 6.45) is 0.547. The van der Waals surface area contributed by atoms with E-state index in [2.05, 4.69) is 5.32 Å². The fourth-order valence-electron chi connectivity index (χ4n) is 1.53. The first-order valence-electron chi connectivity index (χ1n) is 5.37. The van der Waals surface area contributed by atoms with Crippen molar-refractivity contribution in [1.29, 1.82) is 0 Å². The third-order valence-corrected chi connectivity index (χ3v) is 2.33. The Bertz CT molecular complexity index is 361. The normalized spacial score (nSPS) is 12.1. The molecule has 0 amide bonds. The maximum atomic E-state index is 10.8. The minimum atomic E-state index is -0.959. The third kappa shape index (κ3) is 4.42. The summed E-state index contributed by atoms with van der Waals surface area (Å²) < 4.78 is 5.02. The second-order valence-corrected chi connectivity index (χ2v) is 3.69. The van der Waals surface area contributed by atoms with Crippen molar-refractivity contribution in [1.82, 2.24) is 0 Å². The zero-order chi connectivity index (χ0) is 12.7. The van der Waals surface area contributed by atoms with Gasteiger partial charge in [-0.05, 0) is 24.6 Å². The van der Waals surface area contributed by atoms with E-state index >= 15 is 0 Å². The average molecular weight is 239 g/mol. The van der Waals surface area contributed by atoms with Gasteiger partial charge in [0.2, 0.25) is 0 Å². The van der Waals surface area contributed by atoms with Crippen molar-refractivity contribution in [3.8, 4) is 0 Å². The Balaban J connectivity index is 2.71. The Hall–Kier alpha value is -1.59. The SMILES string of the molecule is COCC(CCO)Nc1cccc(C(=O)O)c1. The van der Waals surface area contributed by atoms with E-state index in [9.17, 15) is 4.79 Å². The molecule has 0 radical (unpaired) electrons. The number of rotatable bonds is 7. The molecular weight excluding hydrogens is 222 g/mol. The van der Waals surface area contributed by atoms with Gasteiger partial charge in [-0.25, -0.2) is 4.79 Å². The van der Waals surface area contributed by atoms with Gasteiger partial charge in [0, 0.05) is 19.4 Å². The van der Waals surface area contributed by atoms with Crippen LogP contribution in [0.5, 0.6) is 0 Å². The third-order valence-electron chi connectivity index (χ3n) is 2.33. The molecule has 0 aliphatic rings. The van der Waals surface area contributed by atoms with Crippen molar-refractivity contribution in [2.45, 2.75) is 12.5 Å². The molecule has 5 heteroatoms. The number of anilines is 1. The number of ether oxygens (including phenoxy) is 1. The number of carboxylic acids is 1. The van der Waals surface area contributed by atoms with E-state index in [-0.39, 0.29) is 18.2 Å². The molecule has 1 aromatic rings. The van der Waals surface area contributed by atoms with E-state index in [1.54, 1.807) is 25.3 Å². The van der Waals surface area contributed by atoms with E-state index < -0.39 is 5.97 Å². The number of hydrogen-bond donors (Lipinski definition) is 3. The fourth-order valence-corrected chi connectivity index (χ4v) is 1.53. The van der Waals surface area contributed by atoms with Crippen molar-refractivity contribution in [3.05, 3.63) is 29.8 Å². The van der Waals surface area contributed by atoms with Crippen LogP contribution in [0, 0.1) is 0 Å². The smallest absolute Gasteiger partial charge is 0.335 e. The lowest BCUT2D eigenvalue weighted by Crippen LogP contribution is -2.26. The first-order chi connectivity index (χ1) is 8.17. The minimum Gasteiger partial charge on any atom is -0.478 e. The van der Waals surface area contributed by atoms with Crippen LogP contribution in [0.25, 0.3) is 0 Å². The maximum absolute atomic E-state index is 10.8. The molecule has 3 N–H and O–H groups in total. The van der Waals surface area contributed by atoms with Crippen LogP contribution in [0.3, 0.4) is 0 Å². The summed E-state index contributed by atoms with van der Waals surface area (Å²) in [6, 6.07) is 6.52. The molecule has 1 rings (SSSR count). The van der Waals surface area contributed by atoms with Crippen molar-refractivity contribution < 1.29 is 19.7 Å². The second kappa shape index (κ2) is 6.88. The molecule has 0 saturated heterocycles. The molecule has 0 aliphatic heterocycles. The lowest BCUT2D eigenvalue weighted by molar-refractivity contribution is 0.0697. The Morgan fingerprint density at radius 3 is 2.88 bits per heavy atom. The lowest BCUT2D eigenvalue weighted by Gasteiger charge is -2.18. The van der Waals surface area contributed by atoms with Crippen LogP contribution >= 0.6 is 0 Å². The average Bonchev–Trinajstić information content (AvgIpc) is 2.30. The highest BCUT2D eigenvalue weighted by Crippen LogP contribution is 2.13. The van der Waals surface area contributed by atoms with Crippen LogP contribution in [-0.2, 0) is 4.74 Å². The van der Waals surface area contributed by atoms with Gasteiger partial charge in [-0.15, -0.1) is 0 Å². The standard InChI is InChI=1S/C12H17NO4/c1-17-8-11(5-6-14)13-10-4-2-3-9(7-10)12(15)16/h2-4,7,11,13-14H,5-6,8H2,1H3,(H,15,16).